The van der Waals surface area contributed by atoms with Crippen molar-refractivity contribution in [3.05, 3.63) is 35.5 Å². The molecule has 0 atom stereocenters. The average Bonchev–Trinajstić information content (AvgIpc) is 2.30. The lowest BCUT2D eigenvalue weighted by Gasteiger charge is -1.91. The summed E-state index contributed by atoms with van der Waals surface area (Å²) in [4.78, 5) is 0. The molecule has 2 rings (SSSR count). The Morgan fingerprint density at radius 1 is 1.27 bits per heavy atom. The van der Waals surface area contributed by atoms with E-state index in [9.17, 15) is 0 Å². The Morgan fingerprint density at radius 2 is 2.00 bits per heavy atom. The van der Waals surface area contributed by atoms with E-state index in [0.29, 0.717) is 0 Å². The Bertz CT molecular complexity index is 348. The molecule has 0 bridgehead atoms. The molecule has 0 fully saturated rings. The van der Waals surface area contributed by atoms with Crippen LogP contribution in [0, 0.1) is 0 Å². The predicted octanol–water partition coefficient (Wildman–Crippen LogP) is 2.41. The molecule has 1 heteroatoms. The van der Waals surface area contributed by atoms with Gasteiger partial charge in [0.05, 0.1) is 5.56 Å². The number of hydrogen-bond acceptors (Lipinski definition) is 0. The first-order valence-corrected chi connectivity index (χ1v) is 3.67. The first kappa shape index (κ1) is 6.35. The van der Waals surface area contributed by atoms with Crippen LogP contribution >= 0.6 is 0 Å². The summed E-state index contributed by atoms with van der Waals surface area (Å²) in [6.07, 6.45) is 2.14. The van der Waals surface area contributed by atoms with Gasteiger partial charge >= 0.3 is 0 Å². The number of allylic oxidation sites excluding steroid dienone is 1. The molecule has 1 heterocycles. The second kappa shape index (κ2) is 2.06. The van der Waals surface area contributed by atoms with Crippen LogP contribution in [0.5, 0.6) is 0 Å². The molecule has 1 aliphatic rings. The maximum atomic E-state index is 3.92. The summed E-state index contributed by atoms with van der Waals surface area (Å²) >= 11 is 0. The highest BCUT2D eigenvalue weighted by Crippen LogP contribution is 2.29. The van der Waals surface area contributed by atoms with Gasteiger partial charge in [-0.2, -0.15) is 4.58 Å². The van der Waals surface area contributed by atoms with Gasteiger partial charge in [-0.05, 0) is 6.07 Å². The first-order valence-electron chi connectivity index (χ1n) is 3.67. The highest BCUT2D eigenvalue weighted by atomic mass is 15.0. The van der Waals surface area contributed by atoms with Crippen LogP contribution < -0.4 is 0 Å². The third kappa shape index (κ3) is 0.811. The van der Waals surface area contributed by atoms with Crippen LogP contribution in [0.3, 0.4) is 0 Å². The van der Waals surface area contributed by atoms with E-state index in [4.69, 9.17) is 0 Å². The zero-order chi connectivity index (χ0) is 7.84. The monoisotopic (exact) mass is 144 g/mol. The van der Waals surface area contributed by atoms with Gasteiger partial charge < -0.3 is 0 Å². The van der Waals surface area contributed by atoms with Crippen LogP contribution in [0.2, 0.25) is 0 Å². The van der Waals surface area contributed by atoms with Crippen molar-refractivity contribution < 1.29 is 4.58 Å². The Morgan fingerprint density at radius 3 is 2.73 bits per heavy atom. The van der Waals surface area contributed by atoms with E-state index in [-0.39, 0.29) is 0 Å². The highest BCUT2D eigenvalue weighted by Gasteiger charge is 2.20. The largest absolute Gasteiger partial charge is 0.217 e. The second-order valence-corrected chi connectivity index (χ2v) is 2.77. The molecule has 0 spiro atoms. The molecule has 0 saturated carbocycles. The minimum absolute atomic E-state index is 1.20. The fourth-order valence-electron chi connectivity index (χ4n) is 1.35. The lowest BCUT2D eigenvalue weighted by atomic mass is 10.2. The Kier molecular flexibility index (Phi) is 1.19. The quantitative estimate of drug-likeness (QED) is 0.492. The molecule has 11 heavy (non-hydrogen) atoms. The minimum Gasteiger partial charge on any atom is -0.171 e. The molecule has 1 aliphatic heterocycles. The fraction of sp³-hybridized carbons (Fsp3) is 0.100. The third-order valence-electron chi connectivity index (χ3n) is 2.02. The number of benzene rings is 1. The van der Waals surface area contributed by atoms with Crippen molar-refractivity contribution in [1.82, 2.24) is 0 Å². The summed E-state index contributed by atoms with van der Waals surface area (Å²) in [7, 11) is 0. The van der Waals surface area contributed by atoms with E-state index >= 15 is 0 Å². The summed E-state index contributed by atoms with van der Waals surface area (Å²) in [5.41, 5.74) is 3.66. The molecule has 0 amide bonds. The maximum Gasteiger partial charge on any atom is 0.217 e. The molecule has 0 unspecified atom stereocenters. The molecule has 0 aromatic heterocycles. The lowest BCUT2D eigenvalue weighted by Crippen LogP contribution is -1.92. The number of nitrogens with zero attached hydrogens (tertiary/aromatic N) is 1. The molecule has 1 aromatic carbocycles. The molecule has 0 N–H and O–H groups in total. The number of para-hydroxylation sites is 1. The summed E-state index contributed by atoms with van der Waals surface area (Å²) < 4.78 is 1.95. The van der Waals surface area contributed by atoms with E-state index in [1.54, 1.807) is 0 Å². The molecule has 1 aromatic rings. The standard InChI is InChI=1S/C10H10N/c1-8-7-9-5-3-4-6-10(9)11(8)2/h3-7H,2H2,1H3/q+1. The van der Waals surface area contributed by atoms with Gasteiger partial charge in [-0.3, -0.25) is 0 Å². The number of hydrogen-bond donors (Lipinski definition) is 0. The smallest absolute Gasteiger partial charge is 0.171 e. The van der Waals surface area contributed by atoms with Crippen molar-refractivity contribution in [2.75, 3.05) is 0 Å². The van der Waals surface area contributed by atoms with Gasteiger partial charge in [0.25, 0.3) is 0 Å². The minimum atomic E-state index is 1.20. The zero-order valence-corrected chi connectivity index (χ0v) is 6.54. The Labute approximate surface area is 66.3 Å². The third-order valence-corrected chi connectivity index (χ3v) is 2.02. The highest BCUT2D eigenvalue weighted by molar-refractivity contribution is 5.67. The molecule has 54 valence electrons. The molecule has 0 saturated heterocycles. The number of fused-ring (bicyclic) bond motifs is 1. The van der Waals surface area contributed by atoms with Crippen molar-refractivity contribution in [3.8, 4) is 0 Å². The van der Waals surface area contributed by atoms with Crippen molar-refractivity contribution in [1.29, 1.82) is 0 Å². The van der Waals surface area contributed by atoms with E-state index in [0.717, 1.165) is 0 Å². The van der Waals surface area contributed by atoms with Gasteiger partial charge in [0.2, 0.25) is 5.69 Å². The lowest BCUT2D eigenvalue weighted by molar-refractivity contribution is -0.366. The number of rotatable bonds is 0. The van der Waals surface area contributed by atoms with Crippen molar-refractivity contribution in [3.63, 3.8) is 0 Å². The van der Waals surface area contributed by atoms with Gasteiger partial charge in [0.15, 0.2) is 5.70 Å². The second-order valence-electron chi connectivity index (χ2n) is 2.77. The van der Waals surface area contributed by atoms with E-state index in [1.807, 2.05) is 16.7 Å². The van der Waals surface area contributed by atoms with Crippen molar-refractivity contribution >= 4 is 18.5 Å². The molecule has 0 aliphatic carbocycles. The fourth-order valence-corrected chi connectivity index (χ4v) is 1.35. The van der Waals surface area contributed by atoms with Crippen LogP contribution in [0.4, 0.5) is 5.69 Å². The van der Waals surface area contributed by atoms with E-state index in [2.05, 4.69) is 31.9 Å². The van der Waals surface area contributed by atoms with Gasteiger partial charge in [-0.1, -0.05) is 12.1 Å². The summed E-state index contributed by atoms with van der Waals surface area (Å²) in [6.45, 7) is 5.99. The summed E-state index contributed by atoms with van der Waals surface area (Å²) in [5.74, 6) is 0. The van der Waals surface area contributed by atoms with Crippen LogP contribution in [0.25, 0.3) is 6.08 Å². The van der Waals surface area contributed by atoms with Crippen LogP contribution in [0.15, 0.2) is 30.0 Å². The predicted molar refractivity (Wildman–Crippen MR) is 47.1 cm³/mol. The van der Waals surface area contributed by atoms with Gasteiger partial charge in [0.1, 0.15) is 6.72 Å². The van der Waals surface area contributed by atoms with Gasteiger partial charge in [-0.15, -0.1) is 0 Å². The van der Waals surface area contributed by atoms with Crippen molar-refractivity contribution in [2.24, 2.45) is 0 Å². The van der Waals surface area contributed by atoms with E-state index in [1.165, 1.54) is 16.9 Å². The average molecular weight is 144 g/mol. The molecular weight excluding hydrogens is 134 g/mol. The molecule has 0 radical (unpaired) electrons. The Balaban J connectivity index is 2.67. The SMILES string of the molecule is C=[N+]1C(C)=Cc2ccccc21. The first-order chi connectivity index (χ1) is 5.29. The maximum absolute atomic E-state index is 3.92. The van der Waals surface area contributed by atoms with Crippen LogP contribution in [0.1, 0.15) is 12.5 Å². The summed E-state index contributed by atoms with van der Waals surface area (Å²) in [5, 5.41) is 0. The van der Waals surface area contributed by atoms with Crippen molar-refractivity contribution in [2.45, 2.75) is 6.92 Å². The zero-order valence-electron chi connectivity index (χ0n) is 6.54. The summed E-state index contributed by atoms with van der Waals surface area (Å²) in [6, 6.07) is 8.25. The van der Waals surface area contributed by atoms with Gasteiger partial charge in [-0.25, -0.2) is 0 Å². The van der Waals surface area contributed by atoms with Crippen LogP contribution in [-0.2, 0) is 0 Å². The topological polar surface area (TPSA) is 3.01 Å². The Hall–Kier alpha value is -1.37. The normalized spacial score (nSPS) is 14.6. The molecule has 1 nitrogen and oxygen atoms in total. The van der Waals surface area contributed by atoms with Gasteiger partial charge in [0, 0.05) is 19.1 Å². The van der Waals surface area contributed by atoms with Crippen LogP contribution in [-0.4, -0.2) is 11.3 Å². The molecular formula is C10H10N+. The van der Waals surface area contributed by atoms with E-state index < -0.39 is 0 Å².